The number of methoxy groups -OCH3 is 1. The zero-order valence-electron chi connectivity index (χ0n) is 12.4. The highest BCUT2D eigenvalue weighted by Crippen LogP contribution is 2.25. The second kappa shape index (κ2) is 6.47. The summed E-state index contributed by atoms with van der Waals surface area (Å²) < 4.78 is 4.71. The highest BCUT2D eigenvalue weighted by molar-refractivity contribution is 7.12. The Balaban J connectivity index is 2.83. The molecule has 1 rings (SSSR count). The van der Waals surface area contributed by atoms with Gasteiger partial charge in [0.2, 0.25) is 5.60 Å². The predicted octanol–water partition coefficient (Wildman–Crippen LogP) is 3.00. The number of ketones is 1. The van der Waals surface area contributed by atoms with Crippen LogP contribution in [0.25, 0.3) is 0 Å². The maximum absolute atomic E-state index is 12.1. The van der Waals surface area contributed by atoms with Crippen molar-refractivity contribution in [1.29, 1.82) is 0 Å². The standard InChI is InChI=1S/C14H20O5S/c1-13(2,3)18-19-14(4,12(16)17-5)9-10(15)11-7-6-8-20-11/h6-8H,9H2,1-5H3. The third-order valence-corrected chi connectivity index (χ3v) is 3.30. The largest absolute Gasteiger partial charge is 0.467 e. The molecule has 0 aliphatic carbocycles. The topological polar surface area (TPSA) is 61.8 Å². The quantitative estimate of drug-likeness (QED) is 0.350. The van der Waals surface area contributed by atoms with Gasteiger partial charge in [0, 0.05) is 0 Å². The zero-order chi connectivity index (χ0) is 15.4. The maximum Gasteiger partial charge on any atom is 0.341 e. The van der Waals surface area contributed by atoms with Crippen LogP contribution in [0.1, 0.15) is 43.8 Å². The van der Waals surface area contributed by atoms with Crippen molar-refractivity contribution in [2.75, 3.05) is 7.11 Å². The summed E-state index contributed by atoms with van der Waals surface area (Å²) in [6.45, 7) is 6.83. The molecule has 1 aromatic heterocycles. The Kier molecular flexibility index (Phi) is 5.44. The van der Waals surface area contributed by atoms with Gasteiger partial charge in [0.1, 0.15) is 0 Å². The molecular formula is C14H20O5S. The molecule has 1 atom stereocenters. The third kappa shape index (κ3) is 4.70. The van der Waals surface area contributed by atoms with Crippen LogP contribution in [0.3, 0.4) is 0 Å². The van der Waals surface area contributed by atoms with Gasteiger partial charge >= 0.3 is 5.97 Å². The molecule has 0 aromatic carbocycles. The van der Waals surface area contributed by atoms with Crippen LogP contribution < -0.4 is 0 Å². The van der Waals surface area contributed by atoms with Crippen LogP contribution in [0.15, 0.2) is 17.5 Å². The number of esters is 1. The van der Waals surface area contributed by atoms with Gasteiger partial charge in [-0.15, -0.1) is 11.3 Å². The summed E-state index contributed by atoms with van der Waals surface area (Å²) in [4.78, 5) is 35.0. The average Bonchev–Trinajstić information content (AvgIpc) is 2.88. The van der Waals surface area contributed by atoms with Crippen LogP contribution in [-0.4, -0.2) is 30.1 Å². The Hall–Kier alpha value is -1.24. The zero-order valence-corrected chi connectivity index (χ0v) is 13.2. The van der Waals surface area contributed by atoms with Gasteiger partial charge in [-0.1, -0.05) is 6.07 Å². The molecule has 0 saturated carbocycles. The lowest BCUT2D eigenvalue weighted by atomic mass is 9.99. The molecular weight excluding hydrogens is 280 g/mol. The molecule has 5 nitrogen and oxygen atoms in total. The van der Waals surface area contributed by atoms with E-state index in [2.05, 4.69) is 0 Å². The van der Waals surface area contributed by atoms with Crippen LogP contribution in [0.4, 0.5) is 0 Å². The summed E-state index contributed by atoms with van der Waals surface area (Å²) in [6.07, 6.45) is -0.143. The molecule has 0 bridgehead atoms. The van der Waals surface area contributed by atoms with Gasteiger partial charge in [-0.2, -0.15) is 0 Å². The minimum absolute atomic E-state index is 0.143. The Labute approximate surface area is 122 Å². The molecule has 1 unspecified atom stereocenters. The monoisotopic (exact) mass is 300 g/mol. The van der Waals surface area contributed by atoms with E-state index in [9.17, 15) is 9.59 Å². The normalized spacial score (nSPS) is 14.7. The molecule has 0 N–H and O–H groups in total. The number of thiophene rings is 1. The van der Waals surface area contributed by atoms with Crippen molar-refractivity contribution >= 4 is 23.1 Å². The van der Waals surface area contributed by atoms with Crippen molar-refractivity contribution in [3.05, 3.63) is 22.4 Å². The SMILES string of the molecule is COC(=O)C(C)(CC(=O)c1cccs1)OOC(C)(C)C. The van der Waals surface area contributed by atoms with E-state index in [1.807, 2.05) is 0 Å². The first-order chi connectivity index (χ1) is 9.18. The molecule has 0 saturated heterocycles. The molecule has 6 heteroatoms. The van der Waals surface area contributed by atoms with E-state index in [1.165, 1.54) is 25.4 Å². The van der Waals surface area contributed by atoms with Crippen LogP contribution in [-0.2, 0) is 19.3 Å². The number of carbonyl (C=O) groups is 2. The summed E-state index contributed by atoms with van der Waals surface area (Å²) in [5.41, 5.74) is -2.07. The molecule has 0 radical (unpaired) electrons. The third-order valence-electron chi connectivity index (χ3n) is 2.39. The second-order valence-corrected chi connectivity index (χ2v) is 6.53. The van der Waals surface area contributed by atoms with E-state index < -0.39 is 17.2 Å². The molecule has 0 aliphatic heterocycles. The van der Waals surface area contributed by atoms with Crippen LogP contribution in [0, 0.1) is 0 Å². The summed E-state index contributed by atoms with van der Waals surface area (Å²) >= 11 is 1.32. The Bertz CT molecular complexity index is 460. The minimum atomic E-state index is -1.47. The second-order valence-electron chi connectivity index (χ2n) is 5.58. The fraction of sp³-hybridized carbons (Fsp3) is 0.571. The van der Waals surface area contributed by atoms with Gasteiger partial charge in [-0.3, -0.25) is 4.79 Å². The smallest absolute Gasteiger partial charge is 0.341 e. The first-order valence-electron chi connectivity index (χ1n) is 6.20. The van der Waals surface area contributed by atoms with E-state index in [0.717, 1.165) is 0 Å². The van der Waals surface area contributed by atoms with Gasteiger partial charge in [0.05, 0.1) is 24.0 Å². The van der Waals surface area contributed by atoms with Gasteiger partial charge in [0.25, 0.3) is 0 Å². The molecule has 1 heterocycles. The van der Waals surface area contributed by atoms with Crippen LogP contribution in [0.2, 0.25) is 0 Å². The van der Waals surface area contributed by atoms with Gasteiger partial charge in [-0.25, -0.2) is 14.6 Å². The lowest BCUT2D eigenvalue weighted by Gasteiger charge is -2.28. The van der Waals surface area contributed by atoms with Crippen molar-refractivity contribution in [1.82, 2.24) is 0 Å². The Morgan fingerprint density at radius 2 is 1.85 bits per heavy atom. The average molecular weight is 300 g/mol. The summed E-state index contributed by atoms with van der Waals surface area (Å²) in [5.74, 6) is -0.836. The van der Waals surface area contributed by atoms with Crippen molar-refractivity contribution in [2.24, 2.45) is 0 Å². The highest BCUT2D eigenvalue weighted by Gasteiger charge is 2.41. The van der Waals surface area contributed by atoms with E-state index in [1.54, 1.807) is 38.3 Å². The molecule has 0 amide bonds. The maximum atomic E-state index is 12.1. The lowest BCUT2D eigenvalue weighted by molar-refractivity contribution is -0.392. The lowest BCUT2D eigenvalue weighted by Crippen LogP contribution is -2.43. The number of ether oxygens (including phenoxy) is 1. The summed E-state index contributed by atoms with van der Waals surface area (Å²) in [6, 6.07) is 3.48. The van der Waals surface area contributed by atoms with E-state index in [4.69, 9.17) is 14.5 Å². The summed E-state index contributed by atoms with van der Waals surface area (Å²) in [5, 5.41) is 1.80. The number of hydrogen-bond donors (Lipinski definition) is 0. The Morgan fingerprint density at radius 3 is 2.30 bits per heavy atom. The molecule has 1 aromatic rings. The van der Waals surface area contributed by atoms with Crippen LogP contribution in [0.5, 0.6) is 0 Å². The van der Waals surface area contributed by atoms with E-state index in [0.29, 0.717) is 4.88 Å². The molecule has 20 heavy (non-hydrogen) atoms. The van der Waals surface area contributed by atoms with Crippen molar-refractivity contribution in [3.63, 3.8) is 0 Å². The number of carbonyl (C=O) groups excluding carboxylic acids is 2. The molecule has 0 spiro atoms. The van der Waals surface area contributed by atoms with Gasteiger partial charge in [-0.05, 0) is 39.1 Å². The van der Waals surface area contributed by atoms with E-state index >= 15 is 0 Å². The fourth-order valence-corrected chi connectivity index (χ4v) is 2.06. The minimum Gasteiger partial charge on any atom is -0.467 e. The molecule has 0 fully saturated rings. The van der Waals surface area contributed by atoms with Crippen molar-refractivity contribution < 1.29 is 24.1 Å². The van der Waals surface area contributed by atoms with Crippen molar-refractivity contribution in [3.8, 4) is 0 Å². The predicted molar refractivity (Wildman–Crippen MR) is 75.6 cm³/mol. The van der Waals surface area contributed by atoms with E-state index in [-0.39, 0.29) is 12.2 Å². The summed E-state index contributed by atoms with van der Waals surface area (Å²) in [7, 11) is 1.25. The number of rotatable bonds is 6. The number of hydrogen-bond acceptors (Lipinski definition) is 6. The molecule has 112 valence electrons. The fourth-order valence-electron chi connectivity index (χ4n) is 1.40. The molecule has 0 aliphatic rings. The van der Waals surface area contributed by atoms with Crippen molar-refractivity contribution in [2.45, 2.75) is 45.3 Å². The first kappa shape index (κ1) is 16.8. The van der Waals surface area contributed by atoms with Gasteiger partial charge in [0.15, 0.2) is 5.78 Å². The highest BCUT2D eigenvalue weighted by atomic mass is 32.1. The Morgan fingerprint density at radius 1 is 1.20 bits per heavy atom. The first-order valence-corrected chi connectivity index (χ1v) is 7.08. The number of Topliss-reactive ketones (excluding diaryl/α,β-unsaturated/α-hetero) is 1. The van der Waals surface area contributed by atoms with Crippen LogP contribution >= 0.6 is 11.3 Å². The van der Waals surface area contributed by atoms with Gasteiger partial charge < -0.3 is 4.74 Å².